The van der Waals surface area contributed by atoms with Gasteiger partial charge in [0.15, 0.2) is 6.10 Å². The molecule has 2 atom stereocenters. The topological polar surface area (TPSA) is 185 Å². The average molecular weight is 720 g/mol. The Labute approximate surface area is 302 Å². The predicted octanol–water partition coefficient (Wildman–Crippen LogP) is 4.77. The van der Waals surface area contributed by atoms with E-state index >= 15 is 0 Å². The Morgan fingerprint density at radius 2 is 1.60 bits per heavy atom. The third-order valence-corrected chi connectivity index (χ3v) is 7.80. The zero-order valence-electron chi connectivity index (χ0n) is 30.5. The van der Waals surface area contributed by atoms with Crippen LogP contribution in [0, 0.1) is 11.3 Å². The number of nitrogens with zero attached hydrogens (tertiary/aromatic N) is 4. The van der Waals surface area contributed by atoms with Crippen molar-refractivity contribution < 1.29 is 47.7 Å². The van der Waals surface area contributed by atoms with Gasteiger partial charge in [-0.15, -0.1) is 0 Å². The van der Waals surface area contributed by atoms with E-state index in [0.717, 1.165) is 19.8 Å². The number of likely N-dealkylation sites (tertiary alicyclic amines) is 1. The van der Waals surface area contributed by atoms with Gasteiger partial charge < -0.3 is 34.1 Å². The molecule has 0 radical (unpaired) electrons. The summed E-state index contributed by atoms with van der Waals surface area (Å²) in [6, 6.07) is 12.7. The highest BCUT2D eigenvalue weighted by molar-refractivity contribution is 6.05. The van der Waals surface area contributed by atoms with Crippen LogP contribution in [0.1, 0.15) is 82.8 Å². The Morgan fingerprint density at radius 3 is 2.17 bits per heavy atom. The maximum atomic E-state index is 13.8. The van der Waals surface area contributed by atoms with Gasteiger partial charge in [0, 0.05) is 43.5 Å². The van der Waals surface area contributed by atoms with Gasteiger partial charge in [-0.25, -0.2) is 14.5 Å². The van der Waals surface area contributed by atoms with Gasteiger partial charge in [0.25, 0.3) is 17.7 Å². The molecule has 2 saturated heterocycles. The van der Waals surface area contributed by atoms with E-state index in [9.17, 15) is 34.0 Å². The molecule has 278 valence electrons. The van der Waals surface area contributed by atoms with Crippen LogP contribution in [0.4, 0.5) is 21.0 Å². The van der Waals surface area contributed by atoms with Crippen LogP contribution in [0.25, 0.3) is 0 Å². The number of carbonyl (C=O) groups is 6. The van der Waals surface area contributed by atoms with Crippen molar-refractivity contribution in [1.29, 1.82) is 5.26 Å². The first-order valence-electron chi connectivity index (χ1n) is 16.9. The van der Waals surface area contributed by atoms with E-state index in [1.165, 1.54) is 23.1 Å². The molecule has 2 heterocycles. The molecule has 0 bridgehead atoms. The first kappa shape index (κ1) is 39.3. The van der Waals surface area contributed by atoms with Gasteiger partial charge in [-0.1, -0.05) is 6.07 Å². The molecule has 1 N–H and O–H groups in total. The minimum atomic E-state index is -1.73. The lowest BCUT2D eigenvalue weighted by Crippen LogP contribution is -2.56. The third-order valence-electron chi connectivity index (χ3n) is 7.80. The van der Waals surface area contributed by atoms with Gasteiger partial charge in [-0.05, 0) is 96.3 Å². The van der Waals surface area contributed by atoms with Crippen molar-refractivity contribution in [3.05, 3.63) is 59.2 Å². The highest BCUT2D eigenvalue weighted by Gasteiger charge is 2.43. The molecule has 0 spiro atoms. The molecule has 4 rings (SSSR count). The van der Waals surface area contributed by atoms with Gasteiger partial charge in [0.1, 0.15) is 11.2 Å². The summed E-state index contributed by atoms with van der Waals surface area (Å²) in [4.78, 5) is 82.9. The molecule has 15 heteroatoms. The van der Waals surface area contributed by atoms with E-state index < -0.39 is 59.9 Å². The number of benzene rings is 2. The van der Waals surface area contributed by atoms with E-state index in [-0.39, 0.29) is 35.9 Å². The van der Waals surface area contributed by atoms with E-state index in [4.69, 9.17) is 18.9 Å². The highest BCUT2D eigenvalue weighted by atomic mass is 16.6. The maximum absolute atomic E-state index is 13.8. The number of nitrogens with one attached hydrogen (secondary N) is 1. The molecule has 0 aliphatic carbocycles. The predicted molar refractivity (Wildman–Crippen MR) is 187 cm³/mol. The fourth-order valence-corrected chi connectivity index (χ4v) is 5.55. The van der Waals surface area contributed by atoms with Crippen molar-refractivity contribution in [3.8, 4) is 6.07 Å². The van der Waals surface area contributed by atoms with E-state index in [0.29, 0.717) is 29.2 Å². The first-order valence-corrected chi connectivity index (χ1v) is 16.9. The Balaban J connectivity index is 1.58. The summed E-state index contributed by atoms with van der Waals surface area (Å²) in [6.45, 7) is 11.8. The molecule has 2 aliphatic heterocycles. The first-order chi connectivity index (χ1) is 24.4. The number of esters is 1. The zero-order valence-corrected chi connectivity index (χ0v) is 30.5. The van der Waals surface area contributed by atoms with Crippen LogP contribution in [0.5, 0.6) is 0 Å². The fourth-order valence-electron chi connectivity index (χ4n) is 5.55. The van der Waals surface area contributed by atoms with E-state index in [1.807, 2.05) is 6.07 Å². The molecule has 2 aromatic rings. The summed E-state index contributed by atoms with van der Waals surface area (Å²) in [5.74, 6) is -2.57. The molecule has 5 amide bonds. The van der Waals surface area contributed by atoms with Crippen LogP contribution in [-0.4, -0.2) is 95.3 Å². The maximum Gasteiger partial charge on any atom is 0.420 e. The number of anilines is 2. The van der Waals surface area contributed by atoms with Gasteiger partial charge in [0.05, 0.1) is 24.8 Å². The number of rotatable bonds is 8. The standard InChI is InChI=1S/C37H45N5O10/c1-23(43)50-29(30-33(46)41(17-18-49-30)28-12-10-11-24(20-28)32(45)40-15-8-9-16-40)31(44)39-27-14-13-25(21-38)26(19-27)22-42(34(47)51-36(2,3)4)35(48)52-37(5,6)7/h10-14,19-20,29-30H,8-9,15-18,22H2,1-7H3,(H,39,44). The lowest BCUT2D eigenvalue weighted by Gasteiger charge is -2.35. The smallest absolute Gasteiger partial charge is 0.420 e. The van der Waals surface area contributed by atoms with Gasteiger partial charge in [0.2, 0.25) is 6.10 Å². The molecule has 2 fully saturated rings. The number of hydrogen-bond acceptors (Lipinski definition) is 11. The van der Waals surface area contributed by atoms with Gasteiger partial charge in [-0.3, -0.25) is 19.2 Å². The second-order valence-corrected chi connectivity index (χ2v) is 14.4. The number of morpholine rings is 1. The van der Waals surface area contributed by atoms with Crippen molar-refractivity contribution in [3.63, 3.8) is 0 Å². The molecule has 52 heavy (non-hydrogen) atoms. The summed E-state index contributed by atoms with van der Waals surface area (Å²) in [7, 11) is 0. The Morgan fingerprint density at radius 1 is 0.962 bits per heavy atom. The second-order valence-electron chi connectivity index (χ2n) is 14.4. The van der Waals surface area contributed by atoms with Crippen molar-refractivity contribution in [2.24, 2.45) is 0 Å². The zero-order chi connectivity index (χ0) is 38.4. The normalized spacial score (nSPS) is 16.7. The van der Waals surface area contributed by atoms with Gasteiger partial charge in [-0.2, -0.15) is 5.26 Å². The second kappa shape index (κ2) is 16.2. The SMILES string of the molecule is CC(=O)OC(C(=O)Nc1ccc(C#N)c(CN(C(=O)OC(C)(C)C)C(=O)OC(C)(C)C)c1)C1OCCN(c2cccc(C(=O)N3CCCC3)c2)C1=O. The quantitative estimate of drug-likeness (QED) is 0.293. The molecular weight excluding hydrogens is 674 g/mol. The Bertz CT molecular complexity index is 1720. The molecular formula is C37H45N5O10. The summed E-state index contributed by atoms with van der Waals surface area (Å²) in [5, 5.41) is 12.4. The Hall–Kier alpha value is -5.49. The van der Waals surface area contributed by atoms with Crippen molar-refractivity contribution in [2.45, 2.75) is 91.3 Å². The van der Waals surface area contributed by atoms with Gasteiger partial charge >= 0.3 is 18.2 Å². The molecule has 2 unspecified atom stereocenters. The Kier molecular flexibility index (Phi) is 12.3. The summed E-state index contributed by atoms with van der Waals surface area (Å²) < 4.78 is 21.9. The summed E-state index contributed by atoms with van der Waals surface area (Å²) in [6.07, 6.45) is -3.45. The summed E-state index contributed by atoms with van der Waals surface area (Å²) in [5.41, 5.74) is -0.755. The number of nitriles is 1. The van der Waals surface area contributed by atoms with Crippen molar-refractivity contribution in [1.82, 2.24) is 9.80 Å². The van der Waals surface area contributed by atoms with Crippen LogP contribution in [0.2, 0.25) is 0 Å². The van der Waals surface area contributed by atoms with Crippen LogP contribution >= 0.6 is 0 Å². The minimum absolute atomic E-state index is 0.00205. The largest absolute Gasteiger partial charge is 0.449 e. The molecule has 0 aromatic heterocycles. The number of imide groups is 1. The summed E-state index contributed by atoms with van der Waals surface area (Å²) >= 11 is 0. The van der Waals surface area contributed by atoms with E-state index in [1.54, 1.807) is 70.7 Å². The monoisotopic (exact) mass is 719 g/mol. The number of hydrogen-bond donors (Lipinski definition) is 1. The number of carbonyl (C=O) groups excluding carboxylic acids is 6. The molecule has 0 saturated carbocycles. The fraction of sp³-hybridized carbons (Fsp3) is 0.486. The molecule has 2 aliphatic rings. The minimum Gasteiger partial charge on any atom is -0.449 e. The number of amides is 5. The van der Waals surface area contributed by atoms with Crippen LogP contribution < -0.4 is 10.2 Å². The average Bonchev–Trinajstić information content (AvgIpc) is 3.60. The molecule has 2 aromatic carbocycles. The van der Waals surface area contributed by atoms with Crippen molar-refractivity contribution >= 4 is 47.3 Å². The molecule has 15 nitrogen and oxygen atoms in total. The lowest BCUT2D eigenvalue weighted by molar-refractivity contribution is -0.167. The van der Waals surface area contributed by atoms with Crippen LogP contribution in [-0.2, 0) is 39.9 Å². The van der Waals surface area contributed by atoms with Crippen LogP contribution in [0.15, 0.2) is 42.5 Å². The highest BCUT2D eigenvalue weighted by Crippen LogP contribution is 2.26. The van der Waals surface area contributed by atoms with E-state index in [2.05, 4.69) is 5.32 Å². The van der Waals surface area contributed by atoms with Crippen LogP contribution in [0.3, 0.4) is 0 Å². The van der Waals surface area contributed by atoms with Crippen molar-refractivity contribution in [2.75, 3.05) is 36.5 Å². The third kappa shape index (κ3) is 10.3. The number of ether oxygens (including phenoxy) is 4. The lowest BCUT2D eigenvalue weighted by atomic mass is 10.1.